The number of phenols is 2. The molecule has 12 nitrogen and oxygen atoms in total. The number of phenolic OH excluding ortho intramolecular Hbond substituents is 2. The third-order valence-corrected chi connectivity index (χ3v) is 9.34. The molecule has 6 atom stereocenters. The molecule has 2 saturated heterocycles. The standard InChI is InChI=1S/C35H47N5O7/c1-6-21(4)30-35(47)39(5)28(19-23-11-15-25(42)16-12-23)32(44)36-26(18-22-9-13-24(41)14-10-22)34(46)40-17-7-8-27(40)31(43)37-29(20(2)3)33(45)38-30/h9-16,20-21,26-30,41-42H,6-8,17-19H2,1-5H3,(H,36,44)(H,37,43)(H,38,45)/t21-,26-,27-,28-,29?,30-/m0/s1. The van der Waals surface area contributed by atoms with Gasteiger partial charge in [0, 0.05) is 26.4 Å². The van der Waals surface area contributed by atoms with Crippen molar-refractivity contribution in [3.8, 4) is 11.5 Å². The fourth-order valence-electron chi connectivity index (χ4n) is 6.18. The Hall–Kier alpha value is -4.61. The van der Waals surface area contributed by atoms with Crippen LogP contribution in [-0.2, 0) is 36.8 Å². The van der Waals surface area contributed by atoms with Gasteiger partial charge in [-0.25, -0.2) is 0 Å². The summed E-state index contributed by atoms with van der Waals surface area (Å²) in [5.74, 6) is -3.05. The first-order valence-electron chi connectivity index (χ1n) is 16.3. The molecular weight excluding hydrogens is 602 g/mol. The second-order valence-corrected chi connectivity index (χ2v) is 13.1. The summed E-state index contributed by atoms with van der Waals surface area (Å²) in [4.78, 5) is 72.9. The molecule has 4 rings (SSSR count). The van der Waals surface area contributed by atoms with Crippen LogP contribution in [0.1, 0.15) is 58.1 Å². The van der Waals surface area contributed by atoms with Crippen molar-refractivity contribution in [1.82, 2.24) is 25.8 Å². The highest BCUT2D eigenvalue weighted by Gasteiger charge is 2.42. The van der Waals surface area contributed by atoms with E-state index >= 15 is 0 Å². The van der Waals surface area contributed by atoms with Crippen LogP contribution in [0.5, 0.6) is 11.5 Å². The van der Waals surface area contributed by atoms with Crippen LogP contribution in [-0.4, -0.2) is 93.4 Å². The van der Waals surface area contributed by atoms with Crippen molar-refractivity contribution < 1.29 is 34.2 Å². The zero-order chi connectivity index (χ0) is 34.4. The normalized spacial score (nSPS) is 25.4. The van der Waals surface area contributed by atoms with Gasteiger partial charge in [0.05, 0.1) is 0 Å². The fraction of sp³-hybridized carbons (Fsp3) is 0.514. The first-order valence-corrected chi connectivity index (χ1v) is 16.3. The van der Waals surface area contributed by atoms with Crippen LogP contribution in [0.4, 0.5) is 0 Å². The van der Waals surface area contributed by atoms with Gasteiger partial charge < -0.3 is 36.0 Å². The van der Waals surface area contributed by atoms with Gasteiger partial charge in [-0.2, -0.15) is 0 Å². The summed E-state index contributed by atoms with van der Waals surface area (Å²) in [7, 11) is 1.50. The smallest absolute Gasteiger partial charge is 0.246 e. The van der Waals surface area contributed by atoms with Gasteiger partial charge in [0.25, 0.3) is 0 Å². The molecule has 0 aromatic heterocycles. The molecule has 47 heavy (non-hydrogen) atoms. The Morgan fingerprint density at radius 1 is 0.745 bits per heavy atom. The monoisotopic (exact) mass is 649 g/mol. The van der Waals surface area contributed by atoms with E-state index in [2.05, 4.69) is 16.0 Å². The molecule has 2 heterocycles. The number of hydrogen-bond donors (Lipinski definition) is 5. The third kappa shape index (κ3) is 8.41. The minimum atomic E-state index is -1.09. The van der Waals surface area contributed by atoms with Gasteiger partial charge >= 0.3 is 0 Å². The van der Waals surface area contributed by atoms with Crippen molar-refractivity contribution in [3.05, 3.63) is 59.7 Å². The van der Waals surface area contributed by atoms with Gasteiger partial charge in [-0.15, -0.1) is 0 Å². The predicted molar refractivity (Wildman–Crippen MR) is 175 cm³/mol. The lowest BCUT2D eigenvalue weighted by molar-refractivity contribution is -0.144. The molecule has 0 aliphatic carbocycles. The number of carbonyl (C=O) groups is 5. The van der Waals surface area contributed by atoms with Crippen LogP contribution in [0.15, 0.2) is 48.5 Å². The second-order valence-electron chi connectivity index (χ2n) is 13.1. The lowest BCUT2D eigenvalue weighted by Gasteiger charge is -2.34. The second kappa shape index (κ2) is 15.3. The van der Waals surface area contributed by atoms with Crippen molar-refractivity contribution in [1.29, 1.82) is 0 Å². The number of hydrogen-bond acceptors (Lipinski definition) is 7. The van der Waals surface area contributed by atoms with E-state index in [0.717, 1.165) is 0 Å². The Bertz CT molecular complexity index is 1450. The lowest BCUT2D eigenvalue weighted by Crippen LogP contribution is -2.60. The molecule has 2 aliphatic heterocycles. The number of benzene rings is 2. The Labute approximate surface area is 275 Å². The number of likely N-dealkylation sites (N-methyl/N-ethyl adjacent to an activating group) is 1. The lowest BCUT2D eigenvalue weighted by atomic mass is 9.94. The zero-order valence-electron chi connectivity index (χ0n) is 27.7. The van der Waals surface area contributed by atoms with Crippen LogP contribution < -0.4 is 16.0 Å². The van der Waals surface area contributed by atoms with Gasteiger partial charge in [-0.1, -0.05) is 58.4 Å². The van der Waals surface area contributed by atoms with Crippen molar-refractivity contribution in [3.63, 3.8) is 0 Å². The van der Waals surface area contributed by atoms with E-state index in [1.54, 1.807) is 38.1 Å². The topological polar surface area (TPSA) is 168 Å². The van der Waals surface area contributed by atoms with Crippen LogP contribution in [0, 0.1) is 11.8 Å². The first kappa shape index (κ1) is 35.2. The van der Waals surface area contributed by atoms with E-state index in [0.29, 0.717) is 36.9 Å². The fourth-order valence-corrected chi connectivity index (χ4v) is 6.18. The highest BCUT2D eigenvalue weighted by Crippen LogP contribution is 2.23. The maximum atomic E-state index is 14.3. The average molecular weight is 650 g/mol. The SMILES string of the molecule is CC[C@H](C)[C@@H]1NC(=O)C(C(C)C)NC(=O)[C@@H]2CCCN2C(=O)[C@H](Cc2ccc(O)cc2)NC(=O)[C@H](Cc2ccc(O)cc2)N(C)C1=O. The molecular formula is C35H47N5O7. The number of rotatable bonds is 7. The highest BCUT2D eigenvalue weighted by atomic mass is 16.3. The van der Waals surface area contributed by atoms with E-state index in [1.165, 1.54) is 41.1 Å². The number of carbonyl (C=O) groups excluding carboxylic acids is 5. The van der Waals surface area contributed by atoms with Crippen molar-refractivity contribution in [2.75, 3.05) is 13.6 Å². The molecule has 254 valence electrons. The summed E-state index contributed by atoms with van der Waals surface area (Å²) >= 11 is 0. The first-order chi connectivity index (χ1) is 22.3. The van der Waals surface area contributed by atoms with Gasteiger partial charge in [0.2, 0.25) is 29.5 Å². The van der Waals surface area contributed by atoms with Crippen molar-refractivity contribution in [2.24, 2.45) is 11.8 Å². The van der Waals surface area contributed by atoms with Gasteiger partial charge in [0.1, 0.15) is 41.7 Å². The minimum Gasteiger partial charge on any atom is -0.508 e. The Balaban J connectivity index is 1.81. The molecule has 0 saturated carbocycles. The quantitative estimate of drug-likeness (QED) is 0.305. The maximum absolute atomic E-state index is 14.3. The summed E-state index contributed by atoms with van der Waals surface area (Å²) < 4.78 is 0. The maximum Gasteiger partial charge on any atom is 0.246 e. The molecule has 0 spiro atoms. The Kier molecular flexibility index (Phi) is 11.5. The number of nitrogens with zero attached hydrogens (tertiary/aromatic N) is 2. The molecule has 2 fully saturated rings. The molecule has 12 heteroatoms. The van der Waals surface area contributed by atoms with E-state index in [9.17, 15) is 34.2 Å². The molecule has 2 aliphatic rings. The van der Waals surface area contributed by atoms with E-state index < -0.39 is 59.7 Å². The summed E-state index contributed by atoms with van der Waals surface area (Å²) in [5, 5.41) is 28.3. The molecule has 0 radical (unpaired) electrons. The average Bonchev–Trinajstić information content (AvgIpc) is 3.54. The number of amides is 5. The number of fused-ring (bicyclic) bond motifs is 1. The van der Waals surface area contributed by atoms with Crippen LogP contribution in [0.3, 0.4) is 0 Å². The summed E-state index contributed by atoms with van der Waals surface area (Å²) in [6.07, 6.45) is 1.65. The van der Waals surface area contributed by atoms with E-state index in [-0.39, 0.29) is 36.2 Å². The van der Waals surface area contributed by atoms with E-state index in [1.807, 2.05) is 13.8 Å². The zero-order valence-corrected chi connectivity index (χ0v) is 27.7. The van der Waals surface area contributed by atoms with Gasteiger partial charge in [-0.3, -0.25) is 24.0 Å². The Morgan fingerprint density at radius 3 is 1.85 bits per heavy atom. The van der Waals surface area contributed by atoms with Crippen LogP contribution in [0.25, 0.3) is 0 Å². The largest absolute Gasteiger partial charge is 0.508 e. The summed E-state index contributed by atoms with van der Waals surface area (Å²) in [5.41, 5.74) is 1.34. The van der Waals surface area contributed by atoms with Crippen molar-refractivity contribution in [2.45, 2.75) is 90.0 Å². The van der Waals surface area contributed by atoms with Crippen LogP contribution in [0.2, 0.25) is 0 Å². The van der Waals surface area contributed by atoms with Gasteiger partial charge in [0.15, 0.2) is 0 Å². The minimum absolute atomic E-state index is 0.0480. The number of aromatic hydroxyl groups is 2. The van der Waals surface area contributed by atoms with Crippen LogP contribution >= 0.6 is 0 Å². The number of nitrogens with one attached hydrogen (secondary N) is 3. The predicted octanol–water partition coefficient (Wildman–Crippen LogP) is 1.87. The Morgan fingerprint density at radius 2 is 1.30 bits per heavy atom. The third-order valence-electron chi connectivity index (χ3n) is 9.34. The molecule has 5 amide bonds. The molecule has 2 aromatic rings. The molecule has 5 N–H and O–H groups in total. The highest BCUT2D eigenvalue weighted by molar-refractivity contribution is 5.98. The van der Waals surface area contributed by atoms with E-state index in [4.69, 9.17) is 0 Å². The molecule has 1 unspecified atom stereocenters. The van der Waals surface area contributed by atoms with Gasteiger partial charge in [-0.05, 0) is 60.1 Å². The molecule has 2 aromatic carbocycles. The summed E-state index contributed by atoms with van der Waals surface area (Å²) in [6, 6.07) is 7.60. The summed E-state index contributed by atoms with van der Waals surface area (Å²) in [6.45, 7) is 7.63. The van der Waals surface area contributed by atoms with Crippen molar-refractivity contribution >= 4 is 29.5 Å². The molecule has 0 bridgehead atoms.